The SMILES string of the molecule is O=C(O)[C@H]1C[C@@]2(C(=O)O)CCCN2[C@H]1COCc1ccccc1. The van der Waals surface area contributed by atoms with Crippen molar-refractivity contribution < 1.29 is 24.5 Å². The summed E-state index contributed by atoms with van der Waals surface area (Å²) in [5.74, 6) is -2.54. The van der Waals surface area contributed by atoms with Gasteiger partial charge in [0.25, 0.3) is 0 Å². The maximum absolute atomic E-state index is 11.7. The summed E-state index contributed by atoms with van der Waals surface area (Å²) in [6, 6.07) is 9.28. The number of hydrogen-bond donors (Lipinski definition) is 2. The molecule has 0 spiro atoms. The summed E-state index contributed by atoms with van der Waals surface area (Å²) < 4.78 is 5.72. The third-order valence-electron chi connectivity index (χ3n) is 5.08. The fourth-order valence-corrected chi connectivity index (χ4v) is 3.97. The van der Waals surface area contributed by atoms with E-state index in [0.717, 1.165) is 12.0 Å². The molecule has 3 atom stereocenters. The number of rotatable bonds is 6. The lowest BCUT2D eigenvalue weighted by Gasteiger charge is -2.31. The molecule has 0 aliphatic carbocycles. The average molecular weight is 319 g/mol. The third kappa shape index (κ3) is 2.84. The van der Waals surface area contributed by atoms with E-state index in [9.17, 15) is 19.8 Å². The molecule has 2 fully saturated rings. The van der Waals surface area contributed by atoms with Gasteiger partial charge in [-0.3, -0.25) is 14.5 Å². The molecule has 2 N–H and O–H groups in total. The summed E-state index contributed by atoms with van der Waals surface area (Å²) >= 11 is 0. The fraction of sp³-hybridized carbons (Fsp3) is 0.529. The molecular weight excluding hydrogens is 298 g/mol. The molecule has 2 saturated heterocycles. The Bertz CT molecular complexity index is 590. The van der Waals surface area contributed by atoms with E-state index < -0.39 is 23.4 Å². The number of aliphatic carboxylic acids is 2. The summed E-state index contributed by atoms with van der Waals surface area (Å²) in [7, 11) is 0. The van der Waals surface area contributed by atoms with Crippen LogP contribution in [-0.4, -0.2) is 51.8 Å². The van der Waals surface area contributed by atoms with Gasteiger partial charge in [-0.2, -0.15) is 0 Å². The Hall–Kier alpha value is -1.92. The van der Waals surface area contributed by atoms with Gasteiger partial charge in [0.15, 0.2) is 0 Å². The van der Waals surface area contributed by atoms with Crippen LogP contribution >= 0.6 is 0 Å². The molecule has 0 bridgehead atoms. The molecule has 3 rings (SSSR count). The summed E-state index contributed by atoms with van der Waals surface area (Å²) in [6.45, 7) is 1.26. The van der Waals surface area contributed by atoms with Crippen molar-refractivity contribution in [2.45, 2.75) is 37.5 Å². The number of nitrogens with zero attached hydrogens (tertiary/aromatic N) is 1. The fourth-order valence-electron chi connectivity index (χ4n) is 3.97. The topological polar surface area (TPSA) is 87.1 Å². The number of carbonyl (C=O) groups is 2. The zero-order valence-electron chi connectivity index (χ0n) is 12.9. The molecule has 0 unspecified atom stereocenters. The Kier molecular flexibility index (Phi) is 4.37. The minimum atomic E-state index is -1.02. The molecule has 0 amide bonds. The van der Waals surface area contributed by atoms with Gasteiger partial charge in [0, 0.05) is 6.04 Å². The predicted molar refractivity (Wildman–Crippen MR) is 81.9 cm³/mol. The number of benzene rings is 1. The smallest absolute Gasteiger partial charge is 0.324 e. The number of carboxylic acid groups (broad SMARTS) is 2. The van der Waals surface area contributed by atoms with Crippen LogP contribution < -0.4 is 0 Å². The first kappa shape index (κ1) is 16.0. The van der Waals surface area contributed by atoms with E-state index in [1.807, 2.05) is 35.2 Å². The lowest BCUT2D eigenvalue weighted by atomic mass is 9.89. The number of ether oxygens (including phenoxy) is 1. The van der Waals surface area contributed by atoms with Gasteiger partial charge in [0.05, 0.1) is 19.1 Å². The summed E-state index contributed by atoms with van der Waals surface area (Å²) in [6.07, 6.45) is 1.46. The monoisotopic (exact) mass is 319 g/mol. The second-order valence-corrected chi connectivity index (χ2v) is 6.35. The zero-order valence-corrected chi connectivity index (χ0v) is 12.9. The highest BCUT2D eigenvalue weighted by Gasteiger charge is 2.60. The Morgan fingerprint density at radius 1 is 1.26 bits per heavy atom. The minimum Gasteiger partial charge on any atom is -0.481 e. The van der Waals surface area contributed by atoms with Crippen LogP contribution in [0.4, 0.5) is 0 Å². The second kappa shape index (κ2) is 6.29. The first-order chi connectivity index (χ1) is 11.0. The van der Waals surface area contributed by atoms with Crippen LogP contribution in [0.1, 0.15) is 24.8 Å². The van der Waals surface area contributed by atoms with E-state index in [-0.39, 0.29) is 19.1 Å². The highest BCUT2D eigenvalue weighted by molar-refractivity contribution is 5.83. The number of hydrogen-bond acceptors (Lipinski definition) is 4. The van der Waals surface area contributed by atoms with Gasteiger partial charge in [-0.25, -0.2) is 0 Å². The van der Waals surface area contributed by atoms with Gasteiger partial charge in [-0.15, -0.1) is 0 Å². The Labute approximate surface area is 134 Å². The van der Waals surface area contributed by atoms with Crippen LogP contribution in [0.3, 0.4) is 0 Å². The molecule has 0 radical (unpaired) electrons. The third-order valence-corrected chi connectivity index (χ3v) is 5.08. The van der Waals surface area contributed by atoms with E-state index in [1.54, 1.807) is 0 Å². The van der Waals surface area contributed by atoms with Crippen molar-refractivity contribution in [2.24, 2.45) is 5.92 Å². The van der Waals surface area contributed by atoms with Gasteiger partial charge in [-0.05, 0) is 31.4 Å². The maximum Gasteiger partial charge on any atom is 0.324 e. The van der Waals surface area contributed by atoms with Crippen LogP contribution in [0.25, 0.3) is 0 Å². The van der Waals surface area contributed by atoms with Crippen molar-refractivity contribution in [3.05, 3.63) is 35.9 Å². The van der Waals surface area contributed by atoms with Gasteiger partial charge in [0.2, 0.25) is 0 Å². The van der Waals surface area contributed by atoms with Gasteiger partial charge < -0.3 is 14.9 Å². The van der Waals surface area contributed by atoms with Crippen LogP contribution in [-0.2, 0) is 20.9 Å². The lowest BCUT2D eigenvalue weighted by Crippen LogP contribution is -2.49. The quantitative estimate of drug-likeness (QED) is 0.828. The zero-order chi connectivity index (χ0) is 16.4. The van der Waals surface area contributed by atoms with E-state index in [2.05, 4.69) is 0 Å². The van der Waals surface area contributed by atoms with Crippen LogP contribution in [0.2, 0.25) is 0 Å². The molecular formula is C17H21NO5. The Morgan fingerprint density at radius 2 is 2.00 bits per heavy atom. The summed E-state index contributed by atoms with van der Waals surface area (Å²) in [4.78, 5) is 25.2. The minimum absolute atomic E-state index is 0.164. The van der Waals surface area contributed by atoms with E-state index in [4.69, 9.17) is 4.74 Å². The molecule has 0 saturated carbocycles. The van der Waals surface area contributed by atoms with Crippen molar-refractivity contribution in [1.29, 1.82) is 0 Å². The number of carboxylic acids is 2. The van der Waals surface area contributed by atoms with Gasteiger partial charge >= 0.3 is 11.9 Å². The molecule has 6 nitrogen and oxygen atoms in total. The van der Waals surface area contributed by atoms with Crippen molar-refractivity contribution in [3.8, 4) is 0 Å². The molecule has 2 heterocycles. The molecule has 0 aromatic heterocycles. The summed E-state index contributed by atoms with van der Waals surface area (Å²) in [5.41, 5.74) is -0.00704. The molecule has 1 aromatic rings. The standard InChI is InChI=1S/C17H21NO5/c19-15(20)13-9-17(16(21)22)7-4-8-18(17)14(13)11-23-10-12-5-2-1-3-6-12/h1-3,5-6,13-14H,4,7-11H2,(H,19,20)(H,21,22)/t13-,14-,17+/m0/s1. The Morgan fingerprint density at radius 3 is 2.65 bits per heavy atom. The predicted octanol–water partition coefficient (Wildman–Crippen LogP) is 1.60. The van der Waals surface area contributed by atoms with Gasteiger partial charge in [-0.1, -0.05) is 30.3 Å². The maximum atomic E-state index is 11.7. The average Bonchev–Trinajstić information content (AvgIpc) is 3.07. The second-order valence-electron chi connectivity index (χ2n) is 6.35. The highest BCUT2D eigenvalue weighted by atomic mass is 16.5. The normalized spacial score (nSPS) is 30.3. The molecule has 124 valence electrons. The van der Waals surface area contributed by atoms with Crippen molar-refractivity contribution in [1.82, 2.24) is 4.90 Å². The molecule has 23 heavy (non-hydrogen) atoms. The number of fused-ring (bicyclic) bond motifs is 1. The first-order valence-electron chi connectivity index (χ1n) is 7.89. The summed E-state index contributed by atoms with van der Waals surface area (Å²) in [5, 5.41) is 19.1. The van der Waals surface area contributed by atoms with Crippen molar-refractivity contribution in [2.75, 3.05) is 13.2 Å². The lowest BCUT2D eigenvalue weighted by molar-refractivity contribution is -0.149. The van der Waals surface area contributed by atoms with E-state index >= 15 is 0 Å². The van der Waals surface area contributed by atoms with Crippen molar-refractivity contribution >= 4 is 11.9 Å². The first-order valence-corrected chi connectivity index (χ1v) is 7.89. The molecule has 2 aliphatic heterocycles. The van der Waals surface area contributed by atoms with Crippen LogP contribution in [0, 0.1) is 5.92 Å². The largest absolute Gasteiger partial charge is 0.481 e. The Balaban J connectivity index is 1.71. The molecule has 6 heteroatoms. The van der Waals surface area contributed by atoms with Crippen molar-refractivity contribution in [3.63, 3.8) is 0 Å². The van der Waals surface area contributed by atoms with Gasteiger partial charge in [0.1, 0.15) is 5.54 Å². The molecule has 1 aromatic carbocycles. The van der Waals surface area contributed by atoms with Crippen LogP contribution in [0.5, 0.6) is 0 Å². The highest BCUT2D eigenvalue weighted by Crippen LogP contribution is 2.45. The van der Waals surface area contributed by atoms with E-state index in [1.165, 1.54) is 0 Å². The van der Waals surface area contributed by atoms with E-state index in [0.29, 0.717) is 19.6 Å². The van der Waals surface area contributed by atoms with Crippen LogP contribution in [0.15, 0.2) is 30.3 Å². The molecule has 2 aliphatic rings.